The standard InChI is InChI=1S/C27H28ClFN3O6P/c1-15(33)20-13-31(23-11-18(39(36,37)38)8-9-19(20)23)14-25(34)32-22-7-3-4-16(22)10-24(32)27(35)30-12-17-5-2-6-21(28)26(17)29/h2,5-6,8-9,11,13,16,22,24H,3-4,7,10,12,14H2,1H3,(H,30,35)(H2,36,37,38)/p-2/t16-,22-,24+/m1/s1. The second-order valence-corrected chi connectivity index (χ2v) is 12.1. The molecule has 1 N–H and O–H groups in total. The van der Waals surface area contributed by atoms with E-state index in [1.807, 2.05) is 0 Å². The first kappa shape index (κ1) is 27.5. The van der Waals surface area contributed by atoms with E-state index in [0.717, 1.165) is 25.3 Å². The zero-order valence-electron chi connectivity index (χ0n) is 21.1. The molecule has 12 heteroatoms. The highest BCUT2D eigenvalue weighted by Gasteiger charge is 2.48. The van der Waals surface area contributed by atoms with Crippen molar-refractivity contribution in [3.63, 3.8) is 0 Å². The molecule has 1 aliphatic heterocycles. The van der Waals surface area contributed by atoms with Crippen LogP contribution in [0.3, 0.4) is 0 Å². The van der Waals surface area contributed by atoms with Crippen molar-refractivity contribution in [3.8, 4) is 0 Å². The van der Waals surface area contributed by atoms with Gasteiger partial charge < -0.3 is 29.1 Å². The Labute approximate surface area is 229 Å². The van der Waals surface area contributed by atoms with Gasteiger partial charge in [-0.05, 0) is 57.1 Å². The van der Waals surface area contributed by atoms with Crippen LogP contribution in [0.4, 0.5) is 4.39 Å². The predicted molar refractivity (Wildman–Crippen MR) is 139 cm³/mol. The number of amides is 2. The topological polar surface area (TPSA) is 135 Å². The van der Waals surface area contributed by atoms with Gasteiger partial charge in [-0.15, -0.1) is 0 Å². The average Bonchev–Trinajstić information content (AvgIpc) is 3.57. The molecule has 2 heterocycles. The summed E-state index contributed by atoms with van der Waals surface area (Å²) in [5, 5.41) is 2.66. The van der Waals surface area contributed by atoms with Gasteiger partial charge in [-0.2, -0.15) is 0 Å². The average molecular weight is 574 g/mol. The maximum Gasteiger partial charge on any atom is 0.243 e. The van der Waals surface area contributed by atoms with E-state index in [2.05, 4.69) is 5.32 Å². The first-order chi connectivity index (χ1) is 18.5. The van der Waals surface area contributed by atoms with Gasteiger partial charge in [0.2, 0.25) is 11.8 Å². The molecule has 2 amide bonds. The maximum atomic E-state index is 14.3. The lowest BCUT2D eigenvalue weighted by atomic mass is 10.0. The predicted octanol–water partition coefficient (Wildman–Crippen LogP) is 2.26. The van der Waals surface area contributed by atoms with Crippen molar-refractivity contribution in [1.29, 1.82) is 0 Å². The highest BCUT2D eigenvalue weighted by atomic mass is 35.5. The minimum Gasteiger partial charge on any atom is -0.807 e. The van der Waals surface area contributed by atoms with Crippen LogP contribution in [0.2, 0.25) is 5.02 Å². The molecule has 1 saturated carbocycles. The number of benzene rings is 2. The summed E-state index contributed by atoms with van der Waals surface area (Å²) < 4.78 is 27.4. The van der Waals surface area contributed by atoms with Gasteiger partial charge in [-0.25, -0.2) is 4.39 Å². The van der Waals surface area contributed by atoms with E-state index in [9.17, 15) is 33.1 Å². The molecule has 0 bridgehead atoms. The van der Waals surface area contributed by atoms with Crippen molar-refractivity contribution in [2.75, 3.05) is 0 Å². The third kappa shape index (κ3) is 5.26. The molecule has 2 aromatic carbocycles. The van der Waals surface area contributed by atoms with Crippen LogP contribution in [0.1, 0.15) is 48.5 Å². The monoisotopic (exact) mass is 573 g/mol. The number of nitrogens with one attached hydrogen (secondary N) is 1. The fraction of sp³-hybridized carbons (Fsp3) is 0.370. The Kier molecular flexibility index (Phi) is 7.41. The molecular weight excluding hydrogens is 548 g/mol. The fourth-order valence-corrected chi connectivity index (χ4v) is 6.69. The maximum absolute atomic E-state index is 14.3. The van der Waals surface area contributed by atoms with E-state index in [1.165, 1.54) is 42.0 Å². The number of hydrogen-bond donors (Lipinski definition) is 1. The Balaban J connectivity index is 1.42. The number of aromatic nitrogens is 1. The highest BCUT2D eigenvalue weighted by molar-refractivity contribution is 7.57. The summed E-state index contributed by atoms with van der Waals surface area (Å²) in [5.41, 5.74) is 0.777. The molecule has 1 aromatic heterocycles. The summed E-state index contributed by atoms with van der Waals surface area (Å²) in [6, 6.07) is 7.33. The smallest absolute Gasteiger partial charge is 0.243 e. The van der Waals surface area contributed by atoms with Gasteiger partial charge in [0.05, 0.1) is 5.02 Å². The third-order valence-electron chi connectivity index (χ3n) is 7.78. The van der Waals surface area contributed by atoms with Gasteiger partial charge in [0.25, 0.3) is 0 Å². The number of ketones is 1. The van der Waals surface area contributed by atoms with Gasteiger partial charge in [0, 0.05) is 40.8 Å². The van der Waals surface area contributed by atoms with E-state index in [4.69, 9.17) is 11.6 Å². The molecule has 1 saturated heterocycles. The molecule has 5 rings (SSSR count). The molecule has 39 heavy (non-hydrogen) atoms. The summed E-state index contributed by atoms with van der Waals surface area (Å²) >= 11 is 5.85. The van der Waals surface area contributed by atoms with Gasteiger partial charge in [-0.3, -0.25) is 14.4 Å². The normalized spacial score (nSPS) is 20.8. The molecule has 0 spiro atoms. The minimum atomic E-state index is -5.07. The van der Waals surface area contributed by atoms with E-state index >= 15 is 0 Å². The van der Waals surface area contributed by atoms with Crippen molar-refractivity contribution in [1.82, 2.24) is 14.8 Å². The van der Waals surface area contributed by atoms with Crippen LogP contribution in [-0.2, 0) is 27.2 Å². The van der Waals surface area contributed by atoms with Crippen LogP contribution in [0, 0.1) is 11.7 Å². The largest absolute Gasteiger partial charge is 0.807 e. The Hall–Kier alpha value is -3.04. The third-order valence-corrected chi connectivity index (χ3v) is 8.98. The quantitative estimate of drug-likeness (QED) is 0.340. The zero-order chi connectivity index (χ0) is 28.1. The van der Waals surface area contributed by atoms with Crippen molar-refractivity contribution >= 4 is 53.0 Å². The number of fused-ring (bicyclic) bond motifs is 2. The van der Waals surface area contributed by atoms with Crippen LogP contribution in [0.25, 0.3) is 10.9 Å². The molecular formula is C27H26ClFN3O6P-2. The second kappa shape index (κ2) is 10.5. The Bertz CT molecular complexity index is 1540. The molecule has 2 aliphatic rings. The van der Waals surface area contributed by atoms with E-state index in [1.54, 1.807) is 11.0 Å². The second-order valence-electron chi connectivity index (χ2n) is 10.2. The van der Waals surface area contributed by atoms with Crippen LogP contribution in [0.15, 0.2) is 42.6 Å². The van der Waals surface area contributed by atoms with Crippen molar-refractivity contribution < 1.29 is 33.1 Å². The van der Waals surface area contributed by atoms with Crippen LogP contribution in [-0.4, -0.2) is 39.1 Å². The molecule has 9 nitrogen and oxygen atoms in total. The summed E-state index contributed by atoms with van der Waals surface area (Å²) in [5.74, 6) is -1.52. The summed E-state index contributed by atoms with van der Waals surface area (Å²) in [7, 11) is -5.07. The van der Waals surface area contributed by atoms with E-state index in [-0.39, 0.29) is 58.4 Å². The summed E-state index contributed by atoms with van der Waals surface area (Å²) in [6.45, 7) is 1.01. The highest BCUT2D eigenvalue weighted by Crippen LogP contribution is 2.41. The summed E-state index contributed by atoms with van der Waals surface area (Å²) in [6.07, 6.45) is 4.49. The lowest BCUT2D eigenvalue weighted by molar-refractivity contribution is -0.307. The van der Waals surface area contributed by atoms with Gasteiger partial charge in [-0.1, -0.05) is 42.3 Å². The number of nitrogens with zero attached hydrogens (tertiary/aromatic N) is 2. The number of carbonyl (C=O) groups is 3. The number of likely N-dealkylation sites (tertiary alicyclic amines) is 1. The molecule has 3 aromatic rings. The number of Topliss-reactive ketones (excluding diaryl/α,β-unsaturated/α-hetero) is 1. The first-order valence-electron chi connectivity index (χ1n) is 12.6. The SMILES string of the molecule is CC(=O)c1cn(CC(=O)N2[C@@H]3CCC[C@@H]3C[C@H]2C(=O)NCc2cccc(Cl)c2F)c2cc(P(=O)([O-])[O-])ccc12. The zero-order valence-corrected chi connectivity index (χ0v) is 22.7. The lowest BCUT2D eigenvalue weighted by Crippen LogP contribution is -2.49. The van der Waals surface area contributed by atoms with Crippen molar-refractivity contribution in [3.05, 3.63) is 64.6 Å². The van der Waals surface area contributed by atoms with E-state index in [0.29, 0.717) is 11.8 Å². The molecule has 0 unspecified atom stereocenters. The number of halogens is 2. The number of rotatable bonds is 7. The van der Waals surface area contributed by atoms with Gasteiger partial charge in [0.1, 0.15) is 18.4 Å². The Morgan fingerprint density at radius 2 is 1.95 bits per heavy atom. The van der Waals surface area contributed by atoms with Gasteiger partial charge >= 0.3 is 0 Å². The molecule has 206 valence electrons. The minimum absolute atomic E-state index is 0.0497. The van der Waals surface area contributed by atoms with Crippen LogP contribution < -0.4 is 20.4 Å². The molecule has 2 fully saturated rings. The van der Waals surface area contributed by atoms with Crippen molar-refractivity contribution in [2.45, 2.75) is 57.8 Å². The Morgan fingerprint density at radius 1 is 1.18 bits per heavy atom. The number of carbonyl (C=O) groups excluding carboxylic acids is 3. The van der Waals surface area contributed by atoms with Crippen LogP contribution >= 0.6 is 19.2 Å². The van der Waals surface area contributed by atoms with Gasteiger partial charge in [0.15, 0.2) is 5.78 Å². The van der Waals surface area contributed by atoms with Crippen molar-refractivity contribution in [2.24, 2.45) is 5.92 Å². The van der Waals surface area contributed by atoms with E-state index < -0.39 is 30.7 Å². The summed E-state index contributed by atoms with van der Waals surface area (Å²) in [4.78, 5) is 64.1. The molecule has 1 aliphatic carbocycles. The Morgan fingerprint density at radius 3 is 2.67 bits per heavy atom. The molecule has 3 atom stereocenters. The lowest BCUT2D eigenvalue weighted by Gasteiger charge is -2.30. The molecule has 0 radical (unpaired) electrons. The fourth-order valence-electron chi connectivity index (χ4n) is 5.96. The van der Waals surface area contributed by atoms with Crippen LogP contribution in [0.5, 0.6) is 0 Å². The number of hydrogen-bond acceptors (Lipinski definition) is 6. The first-order valence-corrected chi connectivity index (χ1v) is 14.6.